The number of nitrogens with one attached hydrogen (secondary N) is 3. The Hall–Kier alpha value is -2.44. The first-order chi connectivity index (χ1) is 11.1. The number of methoxy groups -OCH3 is 1. The molecule has 0 aliphatic carbocycles. The molecule has 1 heterocycles. The number of guanidine groups is 1. The maximum atomic E-state index is 11.5. The van der Waals surface area contributed by atoms with Crippen LogP contribution in [0.15, 0.2) is 23.2 Å². The zero-order valence-electron chi connectivity index (χ0n) is 13.8. The van der Waals surface area contributed by atoms with E-state index in [4.69, 9.17) is 9.47 Å². The van der Waals surface area contributed by atoms with Crippen molar-refractivity contribution in [3.8, 4) is 11.5 Å². The number of rotatable bonds is 7. The first-order valence-electron chi connectivity index (χ1n) is 7.73. The lowest BCUT2D eigenvalue weighted by molar-refractivity contribution is -0.123. The summed E-state index contributed by atoms with van der Waals surface area (Å²) in [5.74, 6) is 1.81. The van der Waals surface area contributed by atoms with Crippen molar-refractivity contribution in [2.75, 3.05) is 26.8 Å². The second-order valence-electron chi connectivity index (χ2n) is 5.32. The summed E-state index contributed by atoms with van der Waals surface area (Å²) >= 11 is 0. The lowest BCUT2D eigenvalue weighted by Gasteiger charge is -2.13. The van der Waals surface area contributed by atoms with E-state index in [-0.39, 0.29) is 12.5 Å². The molecular formula is C16H24N4O3. The number of hydrogen-bond acceptors (Lipinski definition) is 6. The predicted molar refractivity (Wildman–Crippen MR) is 88.9 cm³/mol. The Kier molecular flexibility index (Phi) is 6.08. The third kappa shape index (κ3) is 5.05. The number of amides is 1. The summed E-state index contributed by atoms with van der Waals surface area (Å²) in [5.41, 5.74) is 1.04. The second-order valence-corrected chi connectivity index (χ2v) is 5.32. The molecule has 2 rings (SSSR count). The molecule has 0 aromatic heterocycles. The molecule has 0 saturated heterocycles. The first kappa shape index (κ1) is 16.9. The third-order valence-corrected chi connectivity index (χ3v) is 3.33. The van der Waals surface area contributed by atoms with E-state index in [1.54, 1.807) is 7.11 Å². The van der Waals surface area contributed by atoms with Gasteiger partial charge in [-0.3, -0.25) is 9.79 Å². The molecule has 126 valence electrons. The molecule has 0 spiro atoms. The van der Waals surface area contributed by atoms with Crippen molar-refractivity contribution in [3.05, 3.63) is 23.8 Å². The minimum absolute atomic E-state index is 0.0274. The molecule has 0 fully saturated rings. The summed E-state index contributed by atoms with van der Waals surface area (Å²) < 4.78 is 10.8. The monoisotopic (exact) mass is 320 g/mol. The van der Waals surface area contributed by atoms with Gasteiger partial charge in [0, 0.05) is 19.1 Å². The van der Waals surface area contributed by atoms with Gasteiger partial charge >= 0.3 is 0 Å². The van der Waals surface area contributed by atoms with Gasteiger partial charge in [-0.25, -0.2) is 0 Å². The van der Waals surface area contributed by atoms with Crippen molar-refractivity contribution < 1.29 is 14.3 Å². The van der Waals surface area contributed by atoms with Gasteiger partial charge in [-0.1, -0.05) is 6.07 Å². The molecule has 1 aliphatic heterocycles. The normalized spacial score (nSPS) is 16.3. The highest BCUT2D eigenvalue weighted by Gasteiger charge is 2.12. The Morgan fingerprint density at radius 1 is 1.43 bits per heavy atom. The zero-order valence-corrected chi connectivity index (χ0v) is 13.8. The molecule has 0 saturated carbocycles. The Morgan fingerprint density at radius 2 is 2.26 bits per heavy atom. The van der Waals surface area contributed by atoms with Gasteiger partial charge in [0.25, 0.3) is 5.91 Å². The number of aliphatic imine (C=N–C) groups is 1. The fraction of sp³-hybridized carbons (Fsp3) is 0.500. The van der Waals surface area contributed by atoms with E-state index >= 15 is 0 Å². The van der Waals surface area contributed by atoms with Crippen LogP contribution in [-0.4, -0.2) is 44.7 Å². The molecule has 1 aliphatic rings. The third-order valence-electron chi connectivity index (χ3n) is 3.33. The SMILES string of the molecule is CCNC(=O)COc1ccc(CNC2=NCC(C)N2)cc1OC. The van der Waals surface area contributed by atoms with E-state index in [9.17, 15) is 4.79 Å². The van der Waals surface area contributed by atoms with Crippen LogP contribution in [0.5, 0.6) is 11.5 Å². The summed E-state index contributed by atoms with van der Waals surface area (Å²) in [6, 6.07) is 6.00. The molecular weight excluding hydrogens is 296 g/mol. The van der Waals surface area contributed by atoms with Gasteiger partial charge in [0.05, 0.1) is 13.7 Å². The van der Waals surface area contributed by atoms with Crippen LogP contribution in [0.1, 0.15) is 19.4 Å². The van der Waals surface area contributed by atoms with Crippen molar-refractivity contribution in [2.24, 2.45) is 4.99 Å². The Balaban J connectivity index is 1.91. The largest absolute Gasteiger partial charge is 0.493 e. The first-order valence-corrected chi connectivity index (χ1v) is 7.73. The van der Waals surface area contributed by atoms with Gasteiger partial charge in [0.15, 0.2) is 24.1 Å². The lowest BCUT2D eigenvalue weighted by atomic mass is 10.2. The van der Waals surface area contributed by atoms with Crippen LogP contribution in [0.3, 0.4) is 0 Å². The van der Waals surface area contributed by atoms with Crippen molar-refractivity contribution in [1.29, 1.82) is 0 Å². The summed E-state index contributed by atoms with van der Waals surface area (Å²) in [6.45, 7) is 5.93. The molecule has 7 heteroatoms. The van der Waals surface area contributed by atoms with Crippen LogP contribution >= 0.6 is 0 Å². The summed E-state index contributed by atoms with van der Waals surface area (Å²) in [4.78, 5) is 15.8. The molecule has 0 bridgehead atoms. The van der Waals surface area contributed by atoms with Gasteiger partial charge in [-0.05, 0) is 31.5 Å². The molecule has 23 heavy (non-hydrogen) atoms. The Bertz CT molecular complexity index is 574. The summed E-state index contributed by atoms with van der Waals surface area (Å²) in [5, 5.41) is 9.18. The molecule has 1 unspecified atom stereocenters. The van der Waals surface area contributed by atoms with Crippen molar-refractivity contribution in [3.63, 3.8) is 0 Å². The minimum atomic E-state index is -0.153. The van der Waals surface area contributed by atoms with Crippen molar-refractivity contribution in [1.82, 2.24) is 16.0 Å². The number of carbonyl (C=O) groups is 1. The van der Waals surface area contributed by atoms with Gasteiger partial charge in [0.2, 0.25) is 0 Å². The van der Waals surface area contributed by atoms with Crippen molar-refractivity contribution >= 4 is 11.9 Å². The van der Waals surface area contributed by atoms with Crippen LogP contribution in [0.4, 0.5) is 0 Å². The average molecular weight is 320 g/mol. The molecule has 3 N–H and O–H groups in total. The van der Waals surface area contributed by atoms with Crippen molar-refractivity contribution in [2.45, 2.75) is 26.4 Å². The highest BCUT2D eigenvalue weighted by molar-refractivity contribution is 5.81. The van der Waals surface area contributed by atoms with Gasteiger partial charge < -0.3 is 25.4 Å². The highest BCUT2D eigenvalue weighted by atomic mass is 16.5. The fourth-order valence-corrected chi connectivity index (χ4v) is 2.18. The topological polar surface area (TPSA) is 84.0 Å². The molecule has 1 aromatic carbocycles. The van der Waals surface area contributed by atoms with Crippen LogP contribution in [0.2, 0.25) is 0 Å². The number of ether oxygens (including phenoxy) is 2. The van der Waals surface area contributed by atoms with E-state index in [1.165, 1.54) is 0 Å². The summed E-state index contributed by atoms with van der Waals surface area (Å²) in [6.07, 6.45) is 0. The Morgan fingerprint density at radius 3 is 2.91 bits per heavy atom. The number of hydrogen-bond donors (Lipinski definition) is 3. The molecule has 1 aromatic rings. The van der Waals surface area contributed by atoms with Gasteiger partial charge in [0.1, 0.15) is 0 Å². The number of nitrogens with zero attached hydrogens (tertiary/aromatic N) is 1. The van der Waals surface area contributed by atoms with E-state index in [1.807, 2.05) is 25.1 Å². The maximum absolute atomic E-state index is 11.5. The second kappa shape index (κ2) is 8.26. The maximum Gasteiger partial charge on any atom is 0.257 e. The molecule has 1 atom stereocenters. The van der Waals surface area contributed by atoms with Crippen LogP contribution in [0, 0.1) is 0 Å². The standard InChI is InChI=1S/C16H24N4O3/c1-4-17-15(21)10-23-13-6-5-12(7-14(13)22-3)9-19-16-18-8-11(2)20-16/h5-7,11H,4,8-10H2,1-3H3,(H,17,21)(H2,18,19,20). The minimum Gasteiger partial charge on any atom is -0.493 e. The summed E-state index contributed by atoms with van der Waals surface area (Å²) in [7, 11) is 1.58. The number of likely N-dealkylation sites (N-methyl/N-ethyl adjacent to an activating group) is 1. The number of carbonyl (C=O) groups excluding carboxylic acids is 1. The smallest absolute Gasteiger partial charge is 0.257 e. The fourth-order valence-electron chi connectivity index (χ4n) is 2.18. The van der Waals surface area contributed by atoms with E-state index in [2.05, 4.69) is 27.9 Å². The molecule has 7 nitrogen and oxygen atoms in total. The molecule has 1 amide bonds. The van der Waals surface area contributed by atoms with Crippen LogP contribution < -0.4 is 25.4 Å². The number of benzene rings is 1. The lowest BCUT2D eigenvalue weighted by Crippen LogP contribution is -2.37. The highest BCUT2D eigenvalue weighted by Crippen LogP contribution is 2.28. The van der Waals surface area contributed by atoms with E-state index < -0.39 is 0 Å². The van der Waals surface area contributed by atoms with E-state index in [0.717, 1.165) is 18.1 Å². The van der Waals surface area contributed by atoms with Gasteiger partial charge in [-0.15, -0.1) is 0 Å². The quantitative estimate of drug-likeness (QED) is 0.687. The zero-order chi connectivity index (χ0) is 16.7. The average Bonchev–Trinajstić information content (AvgIpc) is 2.97. The predicted octanol–water partition coefficient (Wildman–Crippen LogP) is 0.647. The Labute approximate surface area is 136 Å². The van der Waals surface area contributed by atoms with Gasteiger partial charge in [-0.2, -0.15) is 0 Å². The van der Waals surface area contributed by atoms with Crippen LogP contribution in [-0.2, 0) is 11.3 Å². The molecule has 0 radical (unpaired) electrons. The van der Waals surface area contributed by atoms with Crippen LogP contribution in [0.25, 0.3) is 0 Å². The van der Waals surface area contributed by atoms with E-state index in [0.29, 0.717) is 30.6 Å².